The lowest BCUT2D eigenvalue weighted by Crippen LogP contribution is -2.14. The van der Waals surface area contributed by atoms with Crippen molar-refractivity contribution in [1.29, 1.82) is 0 Å². The molecule has 0 aliphatic rings. The van der Waals surface area contributed by atoms with E-state index in [1.807, 2.05) is 41.8 Å². The average molecular weight is 366 g/mol. The standard InChI is InChI=1S/C21H22N2O4/c1-3-16-17(13-20(22)25)21-19(27-26-14(2)24)10-7-11-23(21)18(16)12-15-8-5-4-6-9-15/h4-11H,3,12-13H2,1-2H3,(H2,22,25). The number of pyridine rings is 1. The minimum atomic E-state index is -0.555. The van der Waals surface area contributed by atoms with Gasteiger partial charge in [0.2, 0.25) is 11.7 Å². The Labute approximate surface area is 157 Å². The van der Waals surface area contributed by atoms with Crippen LogP contribution in [0.1, 0.15) is 36.2 Å². The molecule has 0 fully saturated rings. The fourth-order valence-electron chi connectivity index (χ4n) is 3.40. The summed E-state index contributed by atoms with van der Waals surface area (Å²) in [6.45, 7) is 3.31. The molecule has 6 nitrogen and oxygen atoms in total. The molecule has 140 valence electrons. The van der Waals surface area contributed by atoms with Crippen LogP contribution in [0.5, 0.6) is 5.75 Å². The van der Waals surface area contributed by atoms with E-state index in [1.165, 1.54) is 6.92 Å². The third-order valence-corrected chi connectivity index (χ3v) is 4.41. The van der Waals surface area contributed by atoms with Crippen molar-refractivity contribution in [1.82, 2.24) is 4.40 Å². The molecule has 3 aromatic rings. The normalized spacial score (nSPS) is 10.7. The SMILES string of the molecule is CCc1c(CC(N)=O)c2c(OOC(C)=O)cccn2c1Cc1ccccc1. The number of rotatable bonds is 7. The van der Waals surface area contributed by atoms with Gasteiger partial charge >= 0.3 is 5.97 Å². The Hall–Kier alpha value is -3.28. The maximum Gasteiger partial charge on any atom is 0.352 e. The smallest absolute Gasteiger partial charge is 0.352 e. The van der Waals surface area contributed by atoms with Crippen LogP contribution in [-0.4, -0.2) is 16.3 Å². The van der Waals surface area contributed by atoms with Crippen molar-refractivity contribution in [2.24, 2.45) is 5.73 Å². The number of benzene rings is 1. The number of aromatic nitrogens is 1. The molecule has 0 unspecified atom stereocenters. The first-order valence-electron chi connectivity index (χ1n) is 8.82. The van der Waals surface area contributed by atoms with Crippen LogP contribution in [0.15, 0.2) is 48.7 Å². The van der Waals surface area contributed by atoms with Crippen molar-refractivity contribution in [2.45, 2.75) is 33.1 Å². The summed E-state index contributed by atoms with van der Waals surface area (Å²) in [6, 6.07) is 13.6. The van der Waals surface area contributed by atoms with Crippen molar-refractivity contribution >= 4 is 17.4 Å². The Bertz CT molecular complexity index is 977. The van der Waals surface area contributed by atoms with Crippen LogP contribution in [0.2, 0.25) is 0 Å². The molecule has 0 bridgehead atoms. The Balaban J connectivity index is 2.20. The van der Waals surface area contributed by atoms with Crippen LogP contribution in [0, 0.1) is 0 Å². The molecule has 2 aromatic heterocycles. The highest BCUT2D eigenvalue weighted by Crippen LogP contribution is 2.33. The highest BCUT2D eigenvalue weighted by molar-refractivity contribution is 5.83. The van der Waals surface area contributed by atoms with E-state index in [9.17, 15) is 9.59 Å². The van der Waals surface area contributed by atoms with Gasteiger partial charge in [0.1, 0.15) is 0 Å². The lowest BCUT2D eigenvalue weighted by atomic mass is 10.00. The summed E-state index contributed by atoms with van der Waals surface area (Å²) in [4.78, 5) is 32.8. The zero-order chi connectivity index (χ0) is 19.4. The minimum absolute atomic E-state index is 0.0852. The third kappa shape index (κ3) is 3.95. The second-order valence-electron chi connectivity index (χ2n) is 6.31. The van der Waals surface area contributed by atoms with Crippen LogP contribution in [-0.2, 0) is 33.7 Å². The summed E-state index contributed by atoms with van der Waals surface area (Å²) in [5.41, 5.74) is 10.3. The zero-order valence-corrected chi connectivity index (χ0v) is 15.4. The van der Waals surface area contributed by atoms with E-state index >= 15 is 0 Å². The molecule has 0 saturated heterocycles. The summed E-state index contributed by atoms with van der Waals surface area (Å²) in [5.74, 6) is -0.607. The fraction of sp³-hybridized carbons (Fsp3) is 0.238. The summed E-state index contributed by atoms with van der Waals surface area (Å²) in [6.07, 6.45) is 3.43. The van der Waals surface area contributed by atoms with Crippen molar-refractivity contribution in [3.05, 3.63) is 71.0 Å². The molecule has 3 rings (SSSR count). The summed E-state index contributed by atoms with van der Waals surface area (Å²) >= 11 is 0. The van der Waals surface area contributed by atoms with Gasteiger partial charge in [0.15, 0.2) is 0 Å². The van der Waals surface area contributed by atoms with Gasteiger partial charge in [-0.2, -0.15) is 0 Å². The number of hydrogen-bond donors (Lipinski definition) is 1. The number of hydrogen-bond acceptors (Lipinski definition) is 4. The van der Waals surface area contributed by atoms with Gasteiger partial charge in [-0.1, -0.05) is 37.3 Å². The average Bonchev–Trinajstić information content (AvgIpc) is 2.93. The highest BCUT2D eigenvalue weighted by atomic mass is 17.2. The van der Waals surface area contributed by atoms with E-state index in [0.29, 0.717) is 17.7 Å². The number of carbonyl (C=O) groups is 2. The maximum atomic E-state index is 11.7. The summed E-state index contributed by atoms with van der Waals surface area (Å²) in [5, 5.41) is 0. The Morgan fingerprint density at radius 3 is 2.44 bits per heavy atom. The molecule has 6 heteroatoms. The van der Waals surface area contributed by atoms with E-state index in [1.54, 1.807) is 6.07 Å². The number of nitrogens with two attached hydrogens (primary N) is 1. The molecule has 0 radical (unpaired) electrons. The molecule has 0 aliphatic carbocycles. The molecule has 0 saturated carbocycles. The second kappa shape index (κ2) is 7.95. The lowest BCUT2D eigenvalue weighted by Gasteiger charge is -2.08. The van der Waals surface area contributed by atoms with Crippen molar-refractivity contribution in [3.63, 3.8) is 0 Å². The largest absolute Gasteiger partial charge is 0.369 e. The van der Waals surface area contributed by atoms with Crippen molar-refractivity contribution < 1.29 is 19.4 Å². The predicted molar refractivity (Wildman–Crippen MR) is 101 cm³/mol. The van der Waals surface area contributed by atoms with Gasteiger partial charge < -0.3 is 10.1 Å². The van der Waals surface area contributed by atoms with E-state index in [0.717, 1.165) is 28.8 Å². The summed E-state index contributed by atoms with van der Waals surface area (Å²) < 4.78 is 1.99. The molecular weight excluding hydrogens is 344 g/mol. The molecule has 0 atom stereocenters. The molecular formula is C21H22N2O4. The van der Waals surface area contributed by atoms with Crippen LogP contribution >= 0.6 is 0 Å². The van der Waals surface area contributed by atoms with Gasteiger partial charge in [-0.3, -0.25) is 14.6 Å². The Kier molecular flexibility index (Phi) is 5.45. The Morgan fingerprint density at radius 2 is 1.81 bits per heavy atom. The monoisotopic (exact) mass is 366 g/mol. The maximum absolute atomic E-state index is 11.7. The Morgan fingerprint density at radius 1 is 1.07 bits per heavy atom. The van der Waals surface area contributed by atoms with Crippen molar-refractivity contribution in [3.8, 4) is 5.75 Å². The van der Waals surface area contributed by atoms with Crippen LogP contribution in [0.3, 0.4) is 0 Å². The van der Waals surface area contributed by atoms with E-state index in [2.05, 4.69) is 12.1 Å². The van der Waals surface area contributed by atoms with Crippen LogP contribution in [0.25, 0.3) is 5.52 Å². The molecule has 1 aromatic carbocycles. The van der Waals surface area contributed by atoms with Gasteiger partial charge in [-0.15, -0.1) is 0 Å². The first kappa shape index (κ1) is 18.5. The topological polar surface area (TPSA) is 83.0 Å². The predicted octanol–water partition coefficient (Wildman–Crippen LogP) is 2.98. The molecule has 1 amide bonds. The number of carbonyl (C=O) groups excluding carboxylic acids is 2. The second-order valence-corrected chi connectivity index (χ2v) is 6.31. The lowest BCUT2D eigenvalue weighted by molar-refractivity contribution is -0.210. The highest BCUT2D eigenvalue weighted by Gasteiger charge is 2.22. The quantitative estimate of drug-likeness (QED) is 0.515. The zero-order valence-electron chi connectivity index (χ0n) is 15.4. The fourth-order valence-corrected chi connectivity index (χ4v) is 3.40. The van der Waals surface area contributed by atoms with Gasteiger partial charge in [-0.05, 0) is 35.2 Å². The van der Waals surface area contributed by atoms with E-state index in [-0.39, 0.29) is 6.42 Å². The molecule has 2 heterocycles. The van der Waals surface area contributed by atoms with Crippen molar-refractivity contribution in [2.75, 3.05) is 0 Å². The number of fused-ring (bicyclic) bond motifs is 1. The van der Waals surface area contributed by atoms with E-state index in [4.69, 9.17) is 15.5 Å². The minimum Gasteiger partial charge on any atom is -0.369 e. The molecule has 0 aliphatic heterocycles. The summed E-state index contributed by atoms with van der Waals surface area (Å²) in [7, 11) is 0. The van der Waals surface area contributed by atoms with Gasteiger partial charge in [-0.25, -0.2) is 4.79 Å². The van der Waals surface area contributed by atoms with Gasteiger partial charge in [0.25, 0.3) is 0 Å². The molecule has 27 heavy (non-hydrogen) atoms. The van der Waals surface area contributed by atoms with Crippen LogP contribution in [0.4, 0.5) is 0 Å². The third-order valence-electron chi connectivity index (χ3n) is 4.41. The first-order chi connectivity index (χ1) is 13.0. The van der Waals surface area contributed by atoms with Gasteiger partial charge in [0, 0.05) is 25.2 Å². The van der Waals surface area contributed by atoms with Crippen LogP contribution < -0.4 is 10.6 Å². The number of nitrogens with zero attached hydrogens (tertiary/aromatic N) is 1. The van der Waals surface area contributed by atoms with E-state index < -0.39 is 11.9 Å². The molecule has 2 N–H and O–H groups in total. The molecule has 0 spiro atoms. The van der Waals surface area contributed by atoms with Gasteiger partial charge in [0.05, 0.1) is 11.9 Å². The number of amides is 1. The number of primary amides is 1. The first-order valence-corrected chi connectivity index (χ1v) is 8.82.